The smallest absolute Gasteiger partial charge is 0.242 e. The molecule has 160 valence electrons. The molecule has 2 heterocycles. The van der Waals surface area contributed by atoms with Gasteiger partial charge in [-0.3, -0.25) is 9.67 Å². The number of sulfonamides is 1. The summed E-state index contributed by atoms with van der Waals surface area (Å²) in [5.74, 6) is 1.21. The van der Waals surface area contributed by atoms with Crippen LogP contribution in [0.15, 0.2) is 46.5 Å². The van der Waals surface area contributed by atoms with Gasteiger partial charge in [-0.05, 0) is 23.6 Å². The number of hydrogen-bond acceptors (Lipinski definition) is 4. The Kier molecular flexibility index (Phi) is 8.06. The number of benzene rings is 1. The number of nitrogens with one attached hydrogen (secondary N) is 1. The highest BCUT2D eigenvalue weighted by atomic mass is 127. The summed E-state index contributed by atoms with van der Waals surface area (Å²) in [5.41, 5.74) is 1.96. The first-order chi connectivity index (χ1) is 13.3. The summed E-state index contributed by atoms with van der Waals surface area (Å²) < 4.78 is 28.2. The zero-order valence-electron chi connectivity index (χ0n) is 17.2. The normalized spacial score (nSPS) is 17.5. The van der Waals surface area contributed by atoms with Crippen molar-refractivity contribution in [1.82, 2.24) is 24.3 Å². The average Bonchev–Trinajstić information content (AvgIpc) is 3.31. The van der Waals surface area contributed by atoms with Gasteiger partial charge in [-0.1, -0.05) is 18.2 Å². The highest BCUT2D eigenvalue weighted by Gasteiger charge is 2.27. The Balaban J connectivity index is 0.00000300. The molecule has 1 saturated heterocycles. The molecule has 29 heavy (non-hydrogen) atoms. The summed E-state index contributed by atoms with van der Waals surface area (Å²) in [6.45, 7) is 2.16. The quantitative estimate of drug-likeness (QED) is 0.361. The van der Waals surface area contributed by atoms with Gasteiger partial charge in [0.05, 0.1) is 11.1 Å². The maximum absolute atomic E-state index is 12.6. The molecule has 1 fully saturated rings. The highest BCUT2D eigenvalue weighted by Crippen LogP contribution is 2.27. The lowest BCUT2D eigenvalue weighted by Gasteiger charge is -2.22. The highest BCUT2D eigenvalue weighted by molar-refractivity contribution is 14.0. The minimum absolute atomic E-state index is 0. The Morgan fingerprint density at radius 1 is 1.34 bits per heavy atom. The first-order valence-electron chi connectivity index (χ1n) is 9.27. The Morgan fingerprint density at radius 3 is 2.69 bits per heavy atom. The molecular formula is C19H29IN6O2S. The monoisotopic (exact) mass is 532 g/mol. The molecule has 0 spiro atoms. The van der Waals surface area contributed by atoms with Crippen LogP contribution in [0.1, 0.15) is 23.5 Å². The van der Waals surface area contributed by atoms with Crippen LogP contribution >= 0.6 is 24.0 Å². The molecule has 0 radical (unpaired) electrons. The van der Waals surface area contributed by atoms with Crippen LogP contribution in [-0.4, -0.2) is 67.6 Å². The minimum Gasteiger partial charge on any atom is -0.352 e. The maximum Gasteiger partial charge on any atom is 0.242 e. The topological polar surface area (TPSA) is 82.8 Å². The molecule has 10 heteroatoms. The van der Waals surface area contributed by atoms with E-state index in [4.69, 9.17) is 0 Å². The van der Waals surface area contributed by atoms with Crippen molar-refractivity contribution in [2.45, 2.75) is 23.8 Å². The Morgan fingerprint density at radius 2 is 2.07 bits per heavy atom. The molecule has 1 aliphatic heterocycles. The third-order valence-corrected chi connectivity index (χ3v) is 6.98. The first-order valence-corrected chi connectivity index (χ1v) is 10.7. The van der Waals surface area contributed by atoms with Crippen LogP contribution in [0.5, 0.6) is 0 Å². The molecule has 2 aromatic rings. The molecule has 1 aliphatic rings. The second-order valence-corrected chi connectivity index (χ2v) is 9.30. The van der Waals surface area contributed by atoms with Gasteiger partial charge in [0, 0.05) is 59.9 Å². The number of guanidine groups is 1. The molecule has 0 saturated carbocycles. The second kappa shape index (κ2) is 9.90. The van der Waals surface area contributed by atoms with E-state index in [0.717, 1.165) is 31.0 Å². The molecular weight excluding hydrogens is 503 g/mol. The number of aliphatic imine (C=N–C) groups is 1. The van der Waals surface area contributed by atoms with E-state index in [1.807, 2.05) is 30.1 Å². The van der Waals surface area contributed by atoms with E-state index in [-0.39, 0.29) is 24.0 Å². The predicted octanol–water partition coefficient (Wildman–Crippen LogP) is 1.85. The molecule has 1 atom stereocenters. The molecule has 1 N–H and O–H groups in total. The largest absolute Gasteiger partial charge is 0.352 e. The van der Waals surface area contributed by atoms with Crippen molar-refractivity contribution < 1.29 is 8.42 Å². The van der Waals surface area contributed by atoms with Gasteiger partial charge in [0.2, 0.25) is 10.0 Å². The fourth-order valence-electron chi connectivity index (χ4n) is 3.48. The van der Waals surface area contributed by atoms with E-state index in [9.17, 15) is 8.42 Å². The summed E-state index contributed by atoms with van der Waals surface area (Å²) in [4.78, 5) is 6.92. The lowest BCUT2D eigenvalue weighted by molar-refractivity contribution is 0.485. The average molecular weight is 532 g/mol. The number of aryl methyl sites for hydroxylation is 1. The van der Waals surface area contributed by atoms with Crippen LogP contribution in [0.25, 0.3) is 0 Å². The molecule has 8 nitrogen and oxygen atoms in total. The Bertz CT molecular complexity index is 957. The molecule has 0 aliphatic carbocycles. The fraction of sp³-hybridized carbons (Fsp3) is 0.474. The first kappa shape index (κ1) is 23.6. The van der Waals surface area contributed by atoms with E-state index in [2.05, 4.69) is 26.5 Å². The van der Waals surface area contributed by atoms with Gasteiger partial charge in [-0.15, -0.1) is 24.0 Å². The van der Waals surface area contributed by atoms with Crippen molar-refractivity contribution in [2.75, 3.05) is 34.2 Å². The number of halogens is 1. The summed E-state index contributed by atoms with van der Waals surface area (Å²) >= 11 is 0. The number of rotatable bonds is 5. The molecule has 1 unspecified atom stereocenters. The molecule has 0 amide bonds. The summed E-state index contributed by atoms with van der Waals surface area (Å²) in [6.07, 6.45) is 5.03. The third-order valence-electron chi connectivity index (χ3n) is 5.06. The SMILES string of the molecule is CN=C(NCc1ccccc1S(=O)(=O)N(C)C)N1CCC(c2cnn(C)c2)C1.I. The summed E-state index contributed by atoms with van der Waals surface area (Å²) in [5, 5.41) is 7.59. The van der Waals surface area contributed by atoms with Crippen molar-refractivity contribution >= 4 is 40.0 Å². The van der Waals surface area contributed by atoms with Gasteiger partial charge in [0.15, 0.2) is 5.96 Å². The number of likely N-dealkylation sites (tertiary alicyclic amines) is 1. The van der Waals surface area contributed by atoms with Crippen molar-refractivity contribution in [3.05, 3.63) is 47.8 Å². The maximum atomic E-state index is 12.6. The van der Waals surface area contributed by atoms with E-state index in [0.29, 0.717) is 17.4 Å². The van der Waals surface area contributed by atoms with Crippen LogP contribution in [0.2, 0.25) is 0 Å². The van der Waals surface area contributed by atoms with E-state index >= 15 is 0 Å². The Labute approximate surface area is 190 Å². The van der Waals surface area contributed by atoms with Crippen molar-refractivity contribution in [1.29, 1.82) is 0 Å². The summed E-state index contributed by atoms with van der Waals surface area (Å²) in [7, 11) is 3.27. The van der Waals surface area contributed by atoms with Gasteiger partial charge in [-0.25, -0.2) is 12.7 Å². The van der Waals surface area contributed by atoms with Crippen LogP contribution in [0, 0.1) is 0 Å². The van der Waals surface area contributed by atoms with Crippen molar-refractivity contribution in [2.24, 2.45) is 12.0 Å². The zero-order valence-corrected chi connectivity index (χ0v) is 20.4. The van der Waals surface area contributed by atoms with Crippen LogP contribution in [0.3, 0.4) is 0 Å². The number of hydrogen-bond donors (Lipinski definition) is 1. The zero-order chi connectivity index (χ0) is 20.3. The van der Waals surface area contributed by atoms with E-state index in [1.54, 1.807) is 33.3 Å². The minimum atomic E-state index is -3.49. The lowest BCUT2D eigenvalue weighted by Crippen LogP contribution is -2.39. The van der Waals surface area contributed by atoms with Gasteiger partial charge in [0.25, 0.3) is 0 Å². The van der Waals surface area contributed by atoms with Gasteiger partial charge < -0.3 is 10.2 Å². The summed E-state index contributed by atoms with van der Waals surface area (Å²) in [6, 6.07) is 7.07. The van der Waals surface area contributed by atoms with Gasteiger partial charge >= 0.3 is 0 Å². The predicted molar refractivity (Wildman–Crippen MR) is 125 cm³/mol. The van der Waals surface area contributed by atoms with Crippen molar-refractivity contribution in [3.8, 4) is 0 Å². The second-order valence-electron chi connectivity index (χ2n) is 7.17. The van der Waals surface area contributed by atoms with Crippen LogP contribution in [0.4, 0.5) is 0 Å². The van der Waals surface area contributed by atoms with Crippen molar-refractivity contribution in [3.63, 3.8) is 0 Å². The lowest BCUT2D eigenvalue weighted by atomic mass is 10.0. The van der Waals surface area contributed by atoms with E-state index < -0.39 is 10.0 Å². The molecule has 1 aromatic heterocycles. The number of aromatic nitrogens is 2. The van der Waals surface area contributed by atoms with Crippen LogP contribution < -0.4 is 5.32 Å². The van der Waals surface area contributed by atoms with Gasteiger partial charge in [0.1, 0.15) is 0 Å². The number of nitrogens with zero attached hydrogens (tertiary/aromatic N) is 5. The van der Waals surface area contributed by atoms with Gasteiger partial charge in [-0.2, -0.15) is 5.10 Å². The van der Waals surface area contributed by atoms with E-state index in [1.165, 1.54) is 9.87 Å². The fourth-order valence-corrected chi connectivity index (χ4v) is 4.60. The molecule has 1 aromatic carbocycles. The standard InChI is InChI=1S/C19H28N6O2S.HI/c1-20-19(25-10-9-16(14-25)17-12-22-24(4)13-17)21-11-15-7-5-6-8-18(15)28(26,27)23(2)3;/h5-8,12-13,16H,9-11,14H2,1-4H3,(H,20,21);1H. The van der Waals surface area contributed by atoms with Crippen LogP contribution in [-0.2, 0) is 23.6 Å². The molecule has 3 rings (SSSR count). The third kappa shape index (κ3) is 5.28. The molecule has 0 bridgehead atoms. The Hall–Kier alpha value is -1.66.